The van der Waals surface area contributed by atoms with E-state index in [1.807, 2.05) is 16.9 Å². The van der Waals surface area contributed by atoms with Gasteiger partial charge in [-0.25, -0.2) is 0 Å². The maximum Gasteiger partial charge on any atom is 0.243 e. The van der Waals surface area contributed by atoms with Crippen LogP contribution in [0.3, 0.4) is 0 Å². The zero-order valence-corrected chi connectivity index (χ0v) is 21.5. The Balaban J connectivity index is 2.29. The number of halogens is 1. The number of benzene rings is 1. The molecule has 168 valence electrons. The summed E-state index contributed by atoms with van der Waals surface area (Å²) in [6.45, 7) is 13.7. The number of carbonyl (C=O) groups excluding carboxylic acids is 1. The molecule has 0 fully saturated rings. The number of primary amides is 1. The topological polar surface area (TPSA) is 86.2 Å². The van der Waals surface area contributed by atoms with Gasteiger partial charge in [0.25, 0.3) is 0 Å². The Morgan fingerprint density at radius 3 is 2.32 bits per heavy atom. The summed E-state index contributed by atoms with van der Waals surface area (Å²) in [5.41, 5.74) is 8.29. The molecule has 0 aliphatic carbocycles. The van der Waals surface area contributed by atoms with Gasteiger partial charge in [0.05, 0.1) is 22.2 Å². The molecule has 2 rings (SSSR count). The highest BCUT2D eigenvalue weighted by molar-refractivity contribution is 14.1. The fourth-order valence-electron chi connectivity index (χ4n) is 3.77. The second-order valence-electron chi connectivity index (χ2n) is 10.1. The zero-order valence-electron chi connectivity index (χ0n) is 19.3. The van der Waals surface area contributed by atoms with Crippen LogP contribution in [-0.2, 0) is 17.8 Å². The van der Waals surface area contributed by atoms with Crippen LogP contribution in [0.25, 0.3) is 0 Å². The predicted molar refractivity (Wildman–Crippen MR) is 135 cm³/mol. The highest BCUT2D eigenvalue weighted by Crippen LogP contribution is 2.38. The summed E-state index contributed by atoms with van der Waals surface area (Å²) in [6, 6.07) is 10.6. The summed E-state index contributed by atoms with van der Waals surface area (Å²) < 4.78 is 3.51. The van der Waals surface area contributed by atoms with Crippen molar-refractivity contribution in [2.75, 3.05) is 0 Å². The molecule has 2 unspecified atom stereocenters. The Kier molecular flexibility index (Phi) is 8.57. The van der Waals surface area contributed by atoms with Crippen LogP contribution < -0.4 is 5.73 Å². The number of rotatable bonds is 8. The first kappa shape index (κ1) is 25.2. The van der Waals surface area contributed by atoms with E-state index in [4.69, 9.17) is 5.73 Å². The number of carbonyl (C=O) groups is 1. The third-order valence-electron chi connectivity index (χ3n) is 5.51. The minimum Gasteiger partial charge on any atom is -0.366 e. The van der Waals surface area contributed by atoms with Gasteiger partial charge in [-0.1, -0.05) is 77.1 Å². The number of nitrogens with two attached hydrogens (primary N) is 1. The van der Waals surface area contributed by atoms with Gasteiger partial charge in [-0.15, -0.1) is 5.10 Å². The Morgan fingerprint density at radius 1 is 1.16 bits per heavy atom. The van der Waals surface area contributed by atoms with E-state index in [0.717, 1.165) is 12.1 Å². The number of amides is 1. The summed E-state index contributed by atoms with van der Waals surface area (Å²) in [7, 11) is 0. The molecule has 0 bridgehead atoms. The van der Waals surface area contributed by atoms with Gasteiger partial charge in [0, 0.05) is 24.6 Å². The largest absolute Gasteiger partial charge is 0.366 e. The van der Waals surface area contributed by atoms with Crippen LogP contribution in [0.1, 0.15) is 58.7 Å². The molecule has 2 aromatic rings. The third-order valence-corrected chi connectivity index (χ3v) is 5.79. The highest BCUT2D eigenvalue weighted by Gasteiger charge is 2.30. The van der Waals surface area contributed by atoms with E-state index >= 15 is 0 Å². The lowest BCUT2D eigenvalue weighted by Gasteiger charge is -2.31. The molecule has 1 heterocycles. The second kappa shape index (κ2) is 10.5. The van der Waals surface area contributed by atoms with Crippen molar-refractivity contribution in [1.29, 1.82) is 0 Å². The minimum absolute atomic E-state index is 0.0481. The van der Waals surface area contributed by atoms with Gasteiger partial charge in [-0.3, -0.25) is 14.5 Å². The van der Waals surface area contributed by atoms with E-state index in [1.165, 1.54) is 11.6 Å². The Labute approximate surface area is 199 Å². The van der Waals surface area contributed by atoms with Gasteiger partial charge >= 0.3 is 0 Å². The third kappa shape index (κ3) is 7.55. The molecule has 1 aromatic heterocycles. The quantitative estimate of drug-likeness (QED) is 0.288. The molecule has 6 nitrogen and oxygen atoms in total. The Hall–Kier alpha value is -2.03. The van der Waals surface area contributed by atoms with Crippen LogP contribution in [0, 0.1) is 16.7 Å². The zero-order chi connectivity index (χ0) is 23.2. The van der Waals surface area contributed by atoms with E-state index in [0.29, 0.717) is 18.2 Å². The predicted octanol–water partition coefficient (Wildman–Crippen LogP) is 5.15. The Bertz CT molecular complexity index is 919. The maximum absolute atomic E-state index is 11.6. The molecule has 0 radical (unpaired) electrons. The maximum atomic E-state index is 11.6. The summed E-state index contributed by atoms with van der Waals surface area (Å²) in [6.07, 6.45) is 4.23. The van der Waals surface area contributed by atoms with Crippen LogP contribution in [0.5, 0.6) is 0 Å². The lowest BCUT2D eigenvalue weighted by atomic mass is 9.74. The van der Waals surface area contributed by atoms with E-state index < -0.39 is 5.91 Å². The van der Waals surface area contributed by atoms with E-state index in [1.54, 1.807) is 4.22 Å². The first-order chi connectivity index (χ1) is 14.4. The average Bonchev–Trinajstić information content (AvgIpc) is 3.10. The van der Waals surface area contributed by atoms with Crippen molar-refractivity contribution in [3.63, 3.8) is 0 Å². The second-order valence-corrected chi connectivity index (χ2v) is 10.6. The van der Waals surface area contributed by atoms with Gasteiger partial charge in [0.15, 0.2) is 0 Å². The number of aromatic nitrogens is 3. The minimum atomic E-state index is -0.499. The highest BCUT2D eigenvalue weighted by atomic mass is 127. The van der Waals surface area contributed by atoms with Crippen LogP contribution in [0.2, 0.25) is 0 Å². The SMILES string of the molecule is CC(C)(C)C(Cn1cc(CC(c2ccccc2)C(C)(C)C)nn1)C(=C/C(N)=O)/N=C\I. The number of allylic oxidation sites excluding steroid dienone is 1. The van der Waals surface area contributed by atoms with Gasteiger partial charge in [-0.05, 0) is 44.9 Å². The summed E-state index contributed by atoms with van der Waals surface area (Å²) >= 11 is 2.05. The van der Waals surface area contributed by atoms with E-state index in [-0.39, 0.29) is 16.7 Å². The van der Waals surface area contributed by atoms with Crippen molar-refractivity contribution in [2.45, 2.75) is 60.4 Å². The summed E-state index contributed by atoms with van der Waals surface area (Å²) in [5.74, 6) is -0.222. The molecule has 31 heavy (non-hydrogen) atoms. The van der Waals surface area contributed by atoms with Crippen LogP contribution in [-0.4, -0.2) is 25.1 Å². The first-order valence-electron chi connectivity index (χ1n) is 10.5. The van der Waals surface area contributed by atoms with Gasteiger partial charge < -0.3 is 5.73 Å². The average molecular weight is 535 g/mol. The smallest absolute Gasteiger partial charge is 0.243 e. The monoisotopic (exact) mass is 535 g/mol. The van der Waals surface area contributed by atoms with Gasteiger partial charge in [0.1, 0.15) is 0 Å². The number of hydrogen-bond acceptors (Lipinski definition) is 4. The van der Waals surface area contributed by atoms with Crippen molar-refractivity contribution in [2.24, 2.45) is 27.5 Å². The molecular formula is C24H34IN5O. The van der Waals surface area contributed by atoms with Gasteiger partial charge in [-0.2, -0.15) is 0 Å². The fraction of sp³-hybridized carbons (Fsp3) is 0.500. The lowest BCUT2D eigenvalue weighted by molar-refractivity contribution is -0.113. The molecule has 2 N–H and O–H groups in total. The van der Waals surface area contributed by atoms with Crippen LogP contribution >= 0.6 is 22.6 Å². The van der Waals surface area contributed by atoms with E-state index in [2.05, 4.69) is 104 Å². The molecule has 0 saturated heterocycles. The first-order valence-corrected chi connectivity index (χ1v) is 11.7. The summed E-state index contributed by atoms with van der Waals surface area (Å²) in [5, 5.41) is 8.85. The standard InChI is InChI=1S/C24H34IN5O/c1-23(2,3)19(17-10-8-7-9-11-17)12-18-14-30(29-28-18)15-20(24(4,5)6)21(27-16-25)13-22(26)31/h7-11,13-14,16,19-20H,12,15H2,1-6H3,(H2,26,31)/b21-13-,27-16-. The molecule has 0 spiro atoms. The van der Waals surface area contributed by atoms with Crippen LogP contribution in [0.4, 0.5) is 0 Å². The van der Waals surface area contributed by atoms with Crippen molar-refractivity contribution < 1.29 is 4.79 Å². The van der Waals surface area contributed by atoms with E-state index in [9.17, 15) is 4.79 Å². The molecule has 2 atom stereocenters. The normalized spacial score (nSPS) is 15.3. The number of hydrogen-bond donors (Lipinski definition) is 1. The van der Waals surface area contributed by atoms with Crippen molar-refractivity contribution in [1.82, 2.24) is 15.0 Å². The molecule has 7 heteroatoms. The fourth-order valence-corrected chi connectivity index (χ4v) is 4.09. The number of nitrogens with zero attached hydrogens (tertiary/aromatic N) is 4. The molecule has 0 saturated carbocycles. The van der Waals surface area contributed by atoms with Crippen molar-refractivity contribution in [3.8, 4) is 0 Å². The van der Waals surface area contributed by atoms with Crippen LogP contribution in [0.15, 0.2) is 53.3 Å². The Morgan fingerprint density at radius 2 is 1.81 bits per heavy atom. The molecule has 1 aromatic carbocycles. The molecule has 1 amide bonds. The van der Waals surface area contributed by atoms with Crippen molar-refractivity contribution in [3.05, 3.63) is 59.6 Å². The van der Waals surface area contributed by atoms with Crippen molar-refractivity contribution >= 4 is 32.7 Å². The molecular weight excluding hydrogens is 501 g/mol. The molecule has 0 aliphatic rings. The lowest BCUT2D eigenvalue weighted by Crippen LogP contribution is -2.28. The summed E-state index contributed by atoms with van der Waals surface area (Å²) in [4.78, 5) is 16.0. The van der Waals surface area contributed by atoms with Gasteiger partial charge in [0.2, 0.25) is 5.91 Å². The molecule has 0 aliphatic heterocycles. The number of aliphatic imine (C=N–C) groups is 1.